The molecule has 3 aromatic rings. The van der Waals surface area contributed by atoms with Crippen molar-refractivity contribution in [1.82, 2.24) is 14.5 Å². The van der Waals surface area contributed by atoms with E-state index in [0.717, 1.165) is 5.52 Å². The van der Waals surface area contributed by atoms with Gasteiger partial charge in [0.15, 0.2) is 0 Å². The first-order chi connectivity index (χ1) is 15.2. The highest BCUT2D eigenvalue weighted by Gasteiger charge is 2.22. The summed E-state index contributed by atoms with van der Waals surface area (Å²) in [5.41, 5.74) is 1.60. The maximum absolute atomic E-state index is 12.9. The molecule has 0 saturated heterocycles. The number of non-ortho nitro benzene ring substituents is 1. The van der Waals surface area contributed by atoms with Crippen LogP contribution in [0.4, 0.5) is 11.4 Å². The van der Waals surface area contributed by atoms with E-state index in [1.807, 2.05) is 6.26 Å². The lowest BCUT2D eigenvalue weighted by atomic mass is 10.1. The smallest absolute Gasteiger partial charge is 0.328 e. The zero-order chi connectivity index (χ0) is 23.4. The summed E-state index contributed by atoms with van der Waals surface area (Å²) in [5.74, 6) is -0.367. The summed E-state index contributed by atoms with van der Waals surface area (Å²) in [6, 6.07) is 9.62. The van der Waals surface area contributed by atoms with E-state index in [1.165, 1.54) is 45.2 Å². The van der Waals surface area contributed by atoms with Gasteiger partial charge in [0, 0.05) is 37.5 Å². The maximum Gasteiger partial charge on any atom is 0.328 e. The van der Waals surface area contributed by atoms with Crippen LogP contribution in [0.1, 0.15) is 16.8 Å². The Labute approximate surface area is 187 Å². The third-order valence-electron chi connectivity index (χ3n) is 5.09. The SMILES string of the molecule is CSCCC(NC(=O)c1cccc([N+](=O)[O-])c1)C(=O)Nc1ccc2c(c1)n(C)c(=O)n2C. The molecule has 2 aromatic carbocycles. The number of aryl methyl sites for hydroxylation is 2. The van der Waals surface area contributed by atoms with Gasteiger partial charge in [0.1, 0.15) is 6.04 Å². The highest BCUT2D eigenvalue weighted by molar-refractivity contribution is 7.98. The van der Waals surface area contributed by atoms with E-state index in [1.54, 1.807) is 32.3 Å². The molecule has 0 radical (unpaired) electrons. The molecule has 0 aliphatic carbocycles. The molecule has 0 spiro atoms. The molecule has 11 heteroatoms. The summed E-state index contributed by atoms with van der Waals surface area (Å²) < 4.78 is 3.00. The van der Waals surface area contributed by atoms with Gasteiger partial charge in [-0.05, 0) is 42.7 Å². The lowest BCUT2D eigenvalue weighted by Crippen LogP contribution is -2.44. The van der Waals surface area contributed by atoms with Gasteiger partial charge in [-0.25, -0.2) is 4.79 Å². The average Bonchev–Trinajstić information content (AvgIpc) is 3.00. The molecular weight excluding hydrogens is 434 g/mol. The fourth-order valence-electron chi connectivity index (χ4n) is 3.32. The van der Waals surface area contributed by atoms with Gasteiger partial charge in [0.2, 0.25) is 5.91 Å². The molecule has 168 valence electrons. The number of nitro benzene ring substituents is 1. The van der Waals surface area contributed by atoms with Gasteiger partial charge >= 0.3 is 5.69 Å². The number of benzene rings is 2. The standard InChI is InChI=1S/C21H23N5O5S/c1-24-17-8-7-14(12-18(17)25(2)21(24)29)22-20(28)16(9-10-32-3)23-19(27)13-5-4-6-15(11-13)26(30)31/h4-8,11-12,16H,9-10H2,1-3H3,(H,22,28)(H,23,27). The fraction of sp³-hybridized carbons (Fsp3) is 0.286. The summed E-state index contributed by atoms with van der Waals surface area (Å²) in [5, 5.41) is 16.4. The molecule has 1 heterocycles. The Bertz CT molecular complexity index is 1250. The molecule has 0 aliphatic heterocycles. The van der Waals surface area contributed by atoms with Gasteiger partial charge < -0.3 is 10.6 Å². The molecule has 10 nitrogen and oxygen atoms in total. The van der Waals surface area contributed by atoms with E-state index in [9.17, 15) is 24.5 Å². The van der Waals surface area contributed by atoms with Crippen molar-refractivity contribution >= 4 is 46.0 Å². The van der Waals surface area contributed by atoms with E-state index in [2.05, 4.69) is 10.6 Å². The zero-order valence-electron chi connectivity index (χ0n) is 17.8. The summed E-state index contributed by atoms with van der Waals surface area (Å²) in [7, 11) is 3.32. The highest BCUT2D eigenvalue weighted by atomic mass is 32.2. The number of thioether (sulfide) groups is 1. The third-order valence-corrected chi connectivity index (χ3v) is 5.74. The van der Waals surface area contributed by atoms with Crippen LogP contribution in [0.2, 0.25) is 0 Å². The second-order valence-corrected chi connectivity index (χ2v) is 8.19. The van der Waals surface area contributed by atoms with Crippen molar-refractivity contribution in [2.24, 2.45) is 14.1 Å². The number of rotatable bonds is 8. The number of hydrogen-bond donors (Lipinski definition) is 2. The molecule has 0 aliphatic rings. The predicted octanol–water partition coefficient (Wildman–Crippen LogP) is 2.28. The number of nitrogens with one attached hydrogen (secondary N) is 2. The molecule has 1 aromatic heterocycles. The maximum atomic E-state index is 12.9. The van der Waals surface area contributed by atoms with Crippen LogP contribution in [-0.4, -0.2) is 43.9 Å². The Hall–Kier alpha value is -3.60. The number of anilines is 1. The van der Waals surface area contributed by atoms with Gasteiger partial charge in [-0.2, -0.15) is 11.8 Å². The van der Waals surface area contributed by atoms with Crippen LogP contribution in [0.25, 0.3) is 11.0 Å². The van der Waals surface area contributed by atoms with Gasteiger partial charge in [-0.3, -0.25) is 28.8 Å². The van der Waals surface area contributed by atoms with Gasteiger partial charge in [0.05, 0.1) is 16.0 Å². The Kier molecular flexibility index (Phi) is 6.98. The van der Waals surface area contributed by atoms with Crippen molar-refractivity contribution in [1.29, 1.82) is 0 Å². The summed E-state index contributed by atoms with van der Waals surface area (Å²) in [4.78, 5) is 48.1. The van der Waals surface area contributed by atoms with Gasteiger partial charge in [-0.1, -0.05) is 6.07 Å². The Morgan fingerprint density at radius 3 is 2.53 bits per heavy atom. The second kappa shape index (κ2) is 9.69. The zero-order valence-corrected chi connectivity index (χ0v) is 18.6. The molecule has 0 bridgehead atoms. The number of nitro groups is 1. The predicted molar refractivity (Wildman–Crippen MR) is 124 cm³/mol. The van der Waals surface area contributed by atoms with Crippen molar-refractivity contribution in [2.45, 2.75) is 12.5 Å². The van der Waals surface area contributed by atoms with Crippen LogP contribution in [0, 0.1) is 10.1 Å². The average molecular weight is 458 g/mol. The summed E-state index contributed by atoms with van der Waals surface area (Å²) in [6.45, 7) is 0. The highest BCUT2D eigenvalue weighted by Crippen LogP contribution is 2.18. The largest absolute Gasteiger partial charge is 0.340 e. The molecule has 32 heavy (non-hydrogen) atoms. The lowest BCUT2D eigenvalue weighted by Gasteiger charge is -2.18. The molecule has 2 amide bonds. The number of aromatic nitrogens is 2. The summed E-state index contributed by atoms with van der Waals surface area (Å²) >= 11 is 1.53. The van der Waals surface area contributed by atoms with E-state index in [0.29, 0.717) is 23.4 Å². The first-order valence-corrected chi connectivity index (χ1v) is 11.1. The minimum atomic E-state index is -0.843. The molecule has 0 fully saturated rings. The van der Waals surface area contributed by atoms with Crippen LogP contribution in [0.5, 0.6) is 0 Å². The minimum absolute atomic E-state index is 0.0989. The number of fused-ring (bicyclic) bond motifs is 1. The number of nitrogens with zero attached hydrogens (tertiary/aromatic N) is 3. The second-order valence-electron chi connectivity index (χ2n) is 7.21. The first kappa shape index (κ1) is 23.1. The Morgan fingerprint density at radius 1 is 1.12 bits per heavy atom. The first-order valence-electron chi connectivity index (χ1n) is 9.73. The van der Waals surface area contributed by atoms with Crippen molar-refractivity contribution in [3.05, 3.63) is 68.6 Å². The quantitative estimate of drug-likeness (QED) is 0.394. The van der Waals surface area contributed by atoms with Crippen LogP contribution in [0.3, 0.4) is 0 Å². The topological polar surface area (TPSA) is 128 Å². The van der Waals surface area contributed by atoms with E-state index in [4.69, 9.17) is 0 Å². The van der Waals surface area contributed by atoms with Gasteiger partial charge in [-0.15, -0.1) is 0 Å². The lowest BCUT2D eigenvalue weighted by molar-refractivity contribution is -0.384. The van der Waals surface area contributed by atoms with E-state index >= 15 is 0 Å². The molecule has 1 atom stereocenters. The van der Waals surface area contributed by atoms with Gasteiger partial charge in [0.25, 0.3) is 11.6 Å². The van der Waals surface area contributed by atoms with Crippen molar-refractivity contribution in [2.75, 3.05) is 17.3 Å². The number of imidazole rings is 1. The normalized spacial score (nSPS) is 11.8. The van der Waals surface area contributed by atoms with Crippen molar-refractivity contribution < 1.29 is 14.5 Å². The number of amides is 2. The molecule has 3 rings (SSSR count). The molecule has 1 unspecified atom stereocenters. The number of hydrogen-bond acceptors (Lipinski definition) is 6. The minimum Gasteiger partial charge on any atom is -0.340 e. The van der Waals surface area contributed by atoms with Crippen molar-refractivity contribution in [3.63, 3.8) is 0 Å². The third kappa shape index (κ3) is 4.83. The number of carbonyl (C=O) groups is 2. The van der Waals surface area contributed by atoms with E-state index < -0.39 is 22.8 Å². The molecule has 2 N–H and O–H groups in total. The molecular formula is C21H23N5O5S. The van der Waals surface area contributed by atoms with Crippen LogP contribution in [0.15, 0.2) is 47.3 Å². The number of carbonyl (C=O) groups excluding carboxylic acids is 2. The Balaban J connectivity index is 1.80. The summed E-state index contributed by atoms with van der Waals surface area (Å²) in [6.07, 6.45) is 2.26. The monoisotopic (exact) mass is 457 g/mol. The van der Waals surface area contributed by atoms with Crippen LogP contribution in [-0.2, 0) is 18.9 Å². The van der Waals surface area contributed by atoms with E-state index in [-0.39, 0.29) is 16.9 Å². The Morgan fingerprint density at radius 2 is 1.84 bits per heavy atom. The molecule has 0 saturated carbocycles. The van der Waals surface area contributed by atoms with Crippen LogP contribution < -0.4 is 16.3 Å². The van der Waals surface area contributed by atoms with Crippen LogP contribution >= 0.6 is 11.8 Å². The fourth-order valence-corrected chi connectivity index (χ4v) is 3.79. The van der Waals surface area contributed by atoms with Crippen molar-refractivity contribution in [3.8, 4) is 0 Å².